The predicted octanol–water partition coefficient (Wildman–Crippen LogP) is 2.49. The summed E-state index contributed by atoms with van der Waals surface area (Å²) in [5, 5.41) is 0.281. The zero-order chi connectivity index (χ0) is 20.3. The second-order valence-corrected chi connectivity index (χ2v) is 8.01. The molecule has 0 saturated carbocycles. The van der Waals surface area contributed by atoms with Gasteiger partial charge < -0.3 is 18.9 Å². The third kappa shape index (κ3) is 3.95. The fraction of sp³-hybridized carbons (Fsp3) is 0.278. The standard InChI is InChI=1S/C18H18ClNO7S/c1-24-15-5-3-12(19)9-14(15)20(11-18(21)25-2)28(22,23)13-4-6-16-17(10-13)27-8-7-26-16/h3-6,9-10H,7-8,11H2,1-2H3. The smallest absolute Gasteiger partial charge is 0.326 e. The minimum Gasteiger partial charge on any atom is -0.495 e. The van der Waals surface area contributed by atoms with Crippen molar-refractivity contribution in [2.24, 2.45) is 0 Å². The van der Waals surface area contributed by atoms with Crippen molar-refractivity contribution in [2.45, 2.75) is 4.90 Å². The molecule has 0 aromatic heterocycles. The Labute approximate surface area is 167 Å². The van der Waals surface area contributed by atoms with Gasteiger partial charge in [0, 0.05) is 11.1 Å². The number of nitrogens with zero attached hydrogens (tertiary/aromatic N) is 1. The number of fused-ring (bicyclic) bond motifs is 1. The predicted molar refractivity (Wildman–Crippen MR) is 102 cm³/mol. The van der Waals surface area contributed by atoms with Crippen molar-refractivity contribution in [3.63, 3.8) is 0 Å². The largest absolute Gasteiger partial charge is 0.495 e. The van der Waals surface area contributed by atoms with E-state index in [0.29, 0.717) is 24.7 Å². The van der Waals surface area contributed by atoms with E-state index in [2.05, 4.69) is 4.74 Å². The van der Waals surface area contributed by atoms with E-state index in [1.165, 1.54) is 44.6 Å². The third-order valence-corrected chi connectivity index (χ3v) is 6.00. The van der Waals surface area contributed by atoms with Gasteiger partial charge in [-0.15, -0.1) is 0 Å². The first-order valence-electron chi connectivity index (χ1n) is 8.19. The Morgan fingerprint density at radius 2 is 1.82 bits per heavy atom. The fourth-order valence-corrected chi connectivity index (χ4v) is 4.24. The number of halogens is 1. The minimum atomic E-state index is -4.18. The van der Waals surface area contributed by atoms with Gasteiger partial charge in [0.15, 0.2) is 11.5 Å². The summed E-state index contributed by atoms with van der Waals surface area (Å²) in [7, 11) is -1.62. The van der Waals surface area contributed by atoms with Crippen molar-refractivity contribution < 1.29 is 32.2 Å². The van der Waals surface area contributed by atoms with Crippen molar-refractivity contribution in [3.05, 3.63) is 41.4 Å². The number of esters is 1. The molecule has 0 atom stereocenters. The Balaban J connectivity index is 2.12. The number of sulfonamides is 1. The summed E-state index contributed by atoms with van der Waals surface area (Å²) in [6.45, 7) is 0.127. The molecule has 10 heteroatoms. The molecule has 0 unspecified atom stereocenters. The molecule has 3 rings (SSSR count). The van der Waals surface area contributed by atoms with Gasteiger partial charge in [0.25, 0.3) is 10.0 Å². The number of rotatable bonds is 6. The van der Waals surface area contributed by atoms with Gasteiger partial charge in [-0.05, 0) is 30.3 Å². The number of methoxy groups -OCH3 is 2. The van der Waals surface area contributed by atoms with Crippen LogP contribution in [-0.4, -0.2) is 48.4 Å². The zero-order valence-electron chi connectivity index (χ0n) is 15.2. The van der Waals surface area contributed by atoms with Gasteiger partial charge in [0.1, 0.15) is 25.5 Å². The maximum Gasteiger partial charge on any atom is 0.326 e. The van der Waals surface area contributed by atoms with Crippen molar-refractivity contribution >= 4 is 33.3 Å². The lowest BCUT2D eigenvalue weighted by molar-refractivity contribution is -0.138. The number of carbonyl (C=O) groups excluding carboxylic acids is 1. The van der Waals surface area contributed by atoms with Gasteiger partial charge >= 0.3 is 5.97 Å². The molecule has 0 saturated heterocycles. The summed E-state index contributed by atoms with van der Waals surface area (Å²) in [4.78, 5) is 11.9. The summed E-state index contributed by atoms with van der Waals surface area (Å²) in [6, 6.07) is 8.71. The number of benzene rings is 2. The first-order valence-corrected chi connectivity index (χ1v) is 10.0. The fourth-order valence-electron chi connectivity index (χ4n) is 2.65. The molecule has 0 fully saturated rings. The molecule has 0 amide bonds. The topological polar surface area (TPSA) is 91.4 Å². The summed E-state index contributed by atoms with van der Waals surface area (Å²) in [5.41, 5.74) is 0.107. The molecule has 8 nitrogen and oxygen atoms in total. The molecule has 0 N–H and O–H groups in total. The molecule has 0 spiro atoms. The first-order chi connectivity index (χ1) is 13.4. The maximum atomic E-state index is 13.4. The normalized spacial score (nSPS) is 13.0. The van der Waals surface area contributed by atoms with Gasteiger partial charge in [-0.1, -0.05) is 11.6 Å². The Morgan fingerprint density at radius 3 is 2.50 bits per heavy atom. The van der Waals surface area contributed by atoms with Crippen LogP contribution in [0, 0.1) is 0 Å². The Kier molecular flexibility index (Phi) is 5.85. The van der Waals surface area contributed by atoms with Crippen molar-refractivity contribution in [2.75, 3.05) is 38.3 Å². The minimum absolute atomic E-state index is 0.0809. The molecule has 1 aliphatic rings. The van der Waals surface area contributed by atoms with Gasteiger partial charge in [-0.25, -0.2) is 8.42 Å². The number of ether oxygens (including phenoxy) is 4. The highest BCUT2D eigenvalue weighted by Crippen LogP contribution is 2.37. The molecular weight excluding hydrogens is 410 g/mol. The van der Waals surface area contributed by atoms with E-state index >= 15 is 0 Å². The summed E-state index contributed by atoms with van der Waals surface area (Å²) in [5.74, 6) is 0.242. The average molecular weight is 428 g/mol. The van der Waals surface area contributed by atoms with Gasteiger partial charge in [-0.2, -0.15) is 0 Å². The monoisotopic (exact) mass is 427 g/mol. The number of carbonyl (C=O) groups is 1. The molecule has 2 aromatic carbocycles. The van der Waals surface area contributed by atoms with Crippen molar-refractivity contribution in [3.8, 4) is 17.2 Å². The van der Waals surface area contributed by atoms with E-state index < -0.39 is 22.5 Å². The molecule has 150 valence electrons. The van der Waals surface area contributed by atoms with Crippen LogP contribution in [0.15, 0.2) is 41.3 Å². The Hall–Kier alpha value is -2.65. The molecule has 0 aliphatic carbocycles. The van der Waals surface area contributed by atoms with E-state index in [-0.39, 0.29) is 21.4 Å². The molecular formula is C18H18ClNO7S. The van der Waals surface area contributed by atoms with Crippen LogP contribution in [0.5, 0.6) is 17.2 Å². The Bertz CT molecular complexity index is 993. The molecule has 1 heterocycles. The highest BCUT2D eigenvalue weighted by atomic mass is 35.5. The SMILES string of the molecule is COC(=O)CN(c1cc(Cl)ccc1OC)S(=O)(=O)c1ccc2c(c1)OCCO2. The number of hydrogen-bond donors (Lipinski definition) is 0. The van der Waals surface area contributed by atoms with E-state index in [4.69, 9.17) is 25.8 Å². The molecule has 0 radical (unpaired) electrons. The van der Waals surface area contributed by atoms with Crippen LogP contribution in [-0.2, 0) is 19.6 Å². The van der Waals surface area contributed by atoms with Gasteiger partial charge in [0.2, 0.25) is 0 Å². The van der Waals surface area contributed by atoms with Crippen LogP contribution in [0.2, 0.25) is 5.02 Å². The lowest BCUT2D eigenvalue weighted by Gasteiger charge is -2.26. The van der Waals surface area contributed by atoms with E-state index in [9.17, 15) is 13.2 Å². The van der Waals surface area contributed by atoms with Crippen LogP contribution in [0.1, 0.15) is 0 Å². The maximum absolute atomic E-state index is 13.4. The molecule has 2 aromatic rings. The van der Waals surface area contributed by atoms with Crippen molar-refractivity contribution in [1.82, 2.24) is 0 Å². The lowest BCUT2D eigenvalue weighted by atomic mass is 10.3. The van der Waals surface area contributed by atoms with E-state index in [1.54, 1.807) is 6.07 Å². The quantitative estimate of drug-likeness (QED) is 0.654. The van der Waals surface area contributed by atoms with Crippen LogP contribution >= 0.6 is 11.6 Å². The highest BCUT2D eigenvalue weighted by molar-refractivity contribution is 7.92. The zero-order valence-corrected chi connectivity index (χ0v) is 16.7. The average Bonchev–Trinajstić information content (AvgIpc) is 2.71. The summed E-state index contributed by atoms with van der Waals surface area (Å²) in [6.07, 6.45) is 0. The van der Waals surface area contributed by atoms with Crippen LogP contribution in [0.4, 0.5) is 5.69 Å². The third-order valence-electron chi connectivity index (χ3n) is 4.01. The molecule has 28 heavy (non-hydrogen) atoms. The summed E-state index contributed by atoms with van der Waals surface area (Å²) >= 11 is 6.05. The van der Waals surface area contributed by atoms with Crippen LogP contribution < -0.4 is 18.5 Å². The van der Waals surface area contributed by atoms with Gasteiger partial charge in [-0.3, -0.25) is 9.10 Å². The lowest BCUT2D eigenvalue weighted by Crippen LogP contribution is -2.36. The number of anilines is 1. The number of hydrogen-bond acceptors (Lipinski definition) is 7. The molecule has 1 aliphatic heterocycles. The van der Waals surface area contributed by atoms with E-state index in [0.717, 1.165) is 4.31 Å². The van der Waals surface area contributed by atoms with E-state index in [1.807, 2.05) is 0 Å². The van der Waals surface area contributed by atoms with Crippen LogP contribution in [0.3, 0.4) is 0 Å². The second-order valence-electron chi connectivity index (χ2n) is 5.71. The first kappa shape index (κ1) is 20.1. The highest BCUT2D eigenvalue weighted by Gasteiger charge is 2.31. The van der Waals surface area contributed by atoms with Crippen molar-refractivity contribution in [1.29, 1.82) is 0 Å². The van der Waals surface area contributed by atoms with Crippen LogP contribution in [0.25, 0.3) is 0 Å². The van der Waals surface area contributed by atoms with Gasteiger partial charge in [0.05, 0.1) is 24.8 Å². The molecule has 0 bridgehead atoms. The Morgan fingerprint density at radius 1 is 1.11 bits per heavy atom. The second kappa shape index (κ2) is 8.15. The summed E-state index contributed by atoms with van der Waals surface area (Å²) < 4.78 is 48.4.